The lowest BCUT2D eigenvalue weighted by Gasteiger charge is -2.10. The summed E-state index contributed by atoms with van der Waals surface area (Å²) >= 11 is 0. The fourth-order valence-electron chi connectivity index (χ4n) is 1.82. The van der Waals surface area contributed by atoms with Crippen LogP contribution in [0.3, 0.4) is 0 Å². The number of aromatic nitrogens is 1. The van der Waals surface area contributed by atoms with Crippen LogP contribution in [0.25, 0.3) is 0 Å². The lowest BCUT2D eigenvalue weighted by molar-refractivity contribution is 0.699. The molecule has 2 unspecified atom stereocenters. The van der Waals surface area contributed by atoms with Crippen LogP contribution in [0.4, 0.5) is 0 Å². The van der Waals surface area contributed by atoms with E-state index in [1.54, 1.807) is 0 Å². The molecule has 0 saturated heterocycles. The van der Waals surface area contributed by atoms with Gasteiger partial charge in [-0.05, 0) is 31.4 Å². The summed E-state index contributed by atoms with van der Waals surface area (Å²) in [6, 6.07) is 4.71. The van der Waals surface area contributed by atoms with Gasteiger partial charge in [0.25, 0.3) is 0 Å². The molecule has 0 spiro atoms. The van der Waals surface area contributed by atoms with Crippen molar-refractivity contribution < 1.29 is 0 Å². The van der Waals surface area contributed by atoms with Crippen LogP contribution in [0.2, 0.25) is 0 Å². The predicted molar refractivity (Wildman–Crippen MR) is 86.5 cm³/mol. The Hall–Kier alpha value is -0.720. The van der Waals surface area contributed by atoms with Crippen LogP contribution < -0.4 is 10.6 Å². The van der Waals surface area contributed by atoms with Crippen molar-refractivity contribution in [3.8, 4) is 0 Å². The topological polar surface area (TPSA) is 41.4 Å². The average Bonchev–Trinajstić information content (AvgIpc) is 2.81. The van der Waals surface area contributed by atoms with Gasteiger partial charge in [-0.1, -0.05) is 6.92 Å². The number of halogens is 1. The molecule has 1 heterocycles. The third-order valence-corrected chi connectivity index (χ3v) is 3.07. The molecule has 0 aliphatic heterocycles. The van der Waals surface area contributed by atoms with E-state index < -0.39 is 0 Å². The standard InChI is InChI=1S/C13H22N4.HI/c1-3-14-13(16-12-10-11(12)2)15-6-9-17-7-4-5-8-17;/h4-5,7-8,11-12H,3,6,9-10H2,1-2H3,(H2,14,15,16);1H. The highest BCUT2D eigenvalue weighted by Gasteiger charge is 2.33. The van der Waals surface area contributed by atoms with Gasteiger partial charge in [-0.25, -0.2) is 0 Å². The van der Waals surface area contributed by atoms with Crippen molar-refractivity contribution in [2.24, 2.45) is 10.9 Å². The van der Waals surface area contributed by atoms with Crippen LogP contribution in [-0.4, -0.2) is 29.7 Å². The number of aliphatic imine (C=N–C) groups is 1. The van der Waals surface area contributed by atoms with E-state index in [2.05, 4.69) is 46.4 Å². The monoisotopic (exact) mass is 362 g/mol. The molecular weight excluding hydrogens is 339 g/mol. The molecule has 102 valence electrons. The molecule has 2 atom stereocenters. The molecule has 0 radical (unpaired) electrons. The van der Waals surface area contributed by atoms with Gasteiger partial charge in [0.15, 0.2) is 5.96 Å². The molecule has 18 heavy (non-hydrogen) atoms. The van der Waals surface area contributed by atoms with Crippen LogP contribution in [0, 0.1) is 5.92 Å². The van der Waals surface area contributed by atoms with Crippen LogP contribution in [0.15, 0.2) is 29.5 Å². The van der Waals surface area contributed by atoms with Crippen LogP contribution >= 0.6 is 24.0 Å². The largest absolute Gasteiger partial charge is 0.357 e. The van der Waals surface area contributed by atoms with Gasteiger partial charge in [0.05, 0.1) is 6.54 Å². The molecule has 2 rings (SSSR count). The predicted octanol–water partition coefficient (Wildman–Crippen LogP) is 2.07. The maximum Gasteiger partial charge on any atom is 0.191 e. The summed E-state index contributed by atoms with van der Waals surface area (Å²) in [6.45, 7) is 7.02. The Kier molecular flexibility index (Phi) is 6.52. The molecule has 1 fully saturated rings. The number of hydrogen-bond donors (Lipinski definition) is 2. The quantitative estimate of drug-likeness (QED) is 0.478. The zero-order chi connectivity index (χ0) is 12.1. The van der Waals surface area contributed by atoms with Gasteiger partial charge in [0.2, 0.25) is 0 Å². The molecule has 4 nitrogen and oxygen atoms in total. The second-order valence-corrected chi connectivity index (χ2v) is 4.65. The molecule has 1 aromatic heterocycles. The Morgan fingerprint density at radius 1 is 1.39 bits per heavy atom. The van der Waals surface area contributed by atoms with E-state index in [1.807, 2.05) is 12.1 Å². The molecule has 1 aliphatic rings. The first-order valence-corrected chi connectivity index (χ1v) is 6.45. The summed E-state index contributed by atoms with van der Waals surface area (Å²) in [5, 5.41) is 6.74. The fraction of sp³-hybridized carbons (Fsp3) is 0.615. The number of rotatable bonds is 5. The van der Waals surface area contributed by atoms with E-state index in [4.69, 9.17) is 0 Å². The molecule has 0 amide bonds. The molecule has 1 aromatic rings. The summed E-state index contributed by atoms with van der Waals surface area (Å²) in [7, 11) is 0. The van der Waals surface area contributed by atoms with Gasteiger partial charge in [0.1, 0.15) is 0 Å². The number of nitrogens with one attached hydrogen (secondary N) is 2. The lowest BCUT2D eigenvalue weighted by Crippen LogP contribution is -2.39. The Bertz CT molecular complexity index is 361. The zero-order valence-electron chi connectivity index (χ0n) is 11.1. The highest BCUT2D eigenvalue weighted by molar-refractivity contribution is 14.0. The minimum absolute atomic E-state index is 0. The highest BCUT2D eigenvalue weighted by atomic mass is 127. The van der Waals surface area contributed by atoms with Gasteiger partial charge >= 0.3 is 0 Å². The fourth-order valence-corrected chi connectivity index (χ4v) is 1.82. The van der Waals surface area contributed by atoms with Crippen LogP contribution in [0.5, 0.6) is 0 Å². The average molecular weight is 362 g/mol. The smallest absolute Gasteiger partial charge is 0.191 e. The van der Waals surface area contributed by atoms with Gasteiger partial charge in [-0.3, -0.25) is 4.99 Å². The second-order valence-electron chi connectivity index (χ2n) is 4.65. The van der Waals surface area contributed by atoms with Crippen molar-refractivity contribution in [3.05, 3.63) is 24.5 Å². The normalized spacial score (nSPS) is 22.2. The SMILES string of the molecule is CCNC(=NCCn1cccc1)NC1CC1C.I. The van der Waals surface area contributed by atoms with Crippen molar-refractivity contribution >= 4 is 29.9 Å². The second kappa shape index (κ2) is 7.66. The van der Waals surface area contributed by atoms with E-state index in [0.717, 1.165) is 31.5 Å². The number of guanidine groups is 1. The Morgan fingerprint density at radius 2 is 2.06 bits per heavy atom. The number of nitrogens with zero attached hydrogens (tertiary/aromatic N) is 2. The van der Waals surface area contributed by atoms with Crippen molar-refractivity contribution in [1.29, 1.82) is 0 Å². The third-order valence-electron chi connectivity index (χ3n) is 3.07. The summed E-state index contributed by atoms with van der Waals surface area (Å²) in [5.41, 5.74) is 0. The van der Waals surface area contributed by atoms with Crippen molar-refractivity contribution in [1.82, 2.24) is 15.2 Å². The summed E-state index contributed by atoms with van der Waals surface area (Å²) in [6.07, 6.45) is 5.40. The molecule has 0 bridgehead atoms. The van der Waals surface area contributed by atoms with Crippen LogP contribution in [0.1, 0.15) is 20.3 Å². The van der Waals surface area contributed by atoms with E-state index in [0.29, 0.717) is 6.04 Å². The van der Waals surface area contributed by atoms with E-state index in [1.165, 1.54) is 6.42 Å². The summed E-state index contributed by atoms with van der Waals surface area (Å²) < 4.78 is 2.15. The van der Waals surface area contributed by atoms with Crippen molar-refractivity contribution in [2.75, 3.05) is 13.1 Å². The summed E-state index contributed by atoms with van der Waals surface area (Å²) in [4.78, 5) is 4.58. The van der Waals surface area contributed by atoms with Gasteiger partial charge in [0, 0.05) is 31.5 Å². The highest BCUT2D eigenvalue weighted by Crippen LogP contribution is 2.28. The summed E-state index contributed by atoms with van der Waals surface area (Å²) in [5.74, 6) is 1.75. The van der Waals surface area contributed by atoms with E-state index >= 15 is 0 Å². The minimum Gasteiger partial charge on any atom is -0.357 e. The van der Waals surface area contributed by atoms with Gasteiger partial charge in [-0.15, -0.1) is 24.0 Å². The minimum atomic E-state index is 0. The maximum atomic E-state index is 4.58. The molecule has 1 aliphatic carbocycles. The van der Waals surface area contributed by atoms with E-state index in [-0.39, 0.29) is 24.0 Å². The van der Waals surface area contributed by atoms with Gasteiger partial charge < -0.3 is 15.2 Å². The number of hydrogen-bond acceptors (Lipinski definition) is 1. The van der Waals surface area contributed by atoms with Crippen molar-refractivity contribution in [2.45, 2.75) is 32.9 Å². The Labute approximate surface area is 126 Å². The maximum absolute atomic E-state index is 4.58. The first kappa shape index (κ1) is 15.3. The first-order valence-electron chi connectivity index (χ1n) is 6.45. The third kappa shape index (κ3) is 4.88. The molecule has 0 aromatic carbocycles. The van der Waals surface area contributed by atoms with E-state index in [9.17, 15) is 0 Å². The Morgan fingerprint density at radius 3 is 2.61 bits per heavy atom. The van der Waals surface area contributed by atoms with Crippen molar-refractivity contribution in [3.63, 3.8) is 0 Å². The van der Waals surface area contributed by atoms with Crippen LogP contribution in [-0.2, 0) is 6.54 Å². The zero-order valence-corrected chi connectivity index (χ0v) is 13.4. The molecular formula is C13H23IN4. The first-order chi connectivity index (χ1) is 8.29. The van der Waals surface area contributed by atoms with Gasteiger partial charge in [-0.2, -0.15) is 0 Å². The molecule has 1 saturated carbocycles. The Balaban J connectivity index is 0.00000162. The molecule has 5 heteroatoms. The lowest BCUT2D eigenvalue weighted by atomic mass is 10.5. The molecule has 2 N–H and O–H groups in total.